The van der Waals surface area contributed by atoms with Crippen molar-refractivity contribution in [2.45, 2.75) is 13.0 Å². The second kappa shape index (κ2) is 6.54. The van der Waals surface area contributed by atoms with Gasteiger partial charge in [0.15, 0.2) is 6.10 Å². The van der Waals surface area contributed by atoms with Gasteiger partial charge in [0, 0.05) is 18.8 Å². The van der Waals surface area contributed by atoms with Crippen LogP contribution in [0.15, 0.2) is 24.3 Å². The molecule has 0 amide bonds. The smallest absolute Gasteiger partial charge is 0.339 e. The van der Waals surface area contributed by atoms with Gasteiger partial charge < -0.3 is 19.5 Å². The number of esters is 1. The number of rotatable bonds is 4. The second-order valence-electron chi connectivity index (χ2n) is 4.35. The Morgan fingerprint density at radius 3 is 2.58 bits per heavy atom. The molecule has 0 radical (unpaired) electrons. The van der Waals surface area contributed by atoms with E-state index in [0.717, 1.165) is 32.0 Å². The first-order valence-electron chi connectivity index (χ1n) is 6.49. The Labute approximate surface area is 112 Å². The summed E-state index contributed by atoms with van der Waals surface area (Å²) in [7, 11) is 0. The van der Waals surface area contributed by atoms with E-state index in [1.54, 1.807) is 19.1 Å². The average Bonchev–Trinajstić information content (AvgIpc) is 2.48. The first-order valence-corrected chi connectivity index (χ1v) is 6.49. The Hall–Kier alpha value is -1.59. The van der Waals surface area contributed by atoms with Crippen molar-refractivity contribution >= 4 is 11.7 Å². The Morgan fingerprint density at radius 2 is 2.00 bits per heavy atom. The third kappa shape index (κ3) is 3.45. The van der Waals surface area contributed by atoms with Gasteiger partial charge in [-0.2, -0.15) is 0 Å². The lowest BCUT2D eigenvalue weighted by molar-refractivity contribution is -0.153. The van der Waals surface area contributed by atoms with Crippen LogP contribution < -0.4 is 4.90 Å². The molecule has 1 aliphatic heterocycles. The van der Waals surface area contributed by atoms with Crippen molar-refractivity contribution in [1.82, 2.24) is 0 Å². The van der Waals surface area contributed by atoms with E-state index in [4.69, 9.17) is 9.47 Å². The molecule has 1 unspecified atom stereocenters. The van der Waals surface area contributed by atoms with Crippen LogP contribution in [-0.4, -0.2) is 44.0 Å². The molecule has 2 rings (SSSR count). The van der Waals surface area contributed by atoms with Crippen molar-refractivity contribution in [3.63, 3.8) is 0 Å². The summed E-state index contributed by atoms with van der Waals surface area (Å²) < 4.78 is 10.1. The highest BCUT2D eigenvalue weighted by molar-refractivity contribution is 5.76. The third-order valence-corrected chi connectivity index (χ3v) is 3.09. The highest BCUT2D eigenvalue weighted by Gasteiger charge is 2.19. The molecule has 0 bridgehead atoms. The van der Waals surface area contributed by atoms with Crippen molar-refractivity contribution < 1.29 is 19.4 Å². The summed E-state index contributed by atoms with van der Waals surface area (Å²) in [6.07, 6.45) is -1.21. The van der Waals surface area contributed by atoms with Crippen LogP contribution in [-0.2, 0) is 14.3 Å². The molecule has 19 heavy (non-hydrogen) atoms. The molecule has 5 nitrogen and oxygen atoms in total. The number of anilines is 1. The largest absolute Gasteiger partial charge is 0.464 e. The van der Waals surface area contributed by atoms with Crippen LogP contribution in [0.3, 0.4) is 0 Å². The Bertz CT molecular complexity index is 412. The van der Waals surface area contributed by atoms with Gasteiger partial charge >= 0.3 is 5.97 Å². The fraction of sp³-hybridized carbons (Fsp3) is 0.500. The van der Waals surface area contributed by atoms with Crippen LogP contribution in [0.4, 0.5) is 5.69 Å². The van der Waals surface area contributed by atoms with Crippen molar-refractivity contribution in [3.05, 3.63) is 29.8 Å². The number of aliphatic hydroxyl groups is 1. The van der Waals surface area contributed by atoms with Crippen LogP contribution in [0.2, 0.25) is 0 Å². The summed E-state index contributed by atoms with van der Waals surface area (Å²) in [6.45, 7) is 5.16. The molecule has 0 aliphatic carbocycles. The van der Waals surface area contributed by atoms with Crippen molar-refractivity contribution in [2.24, 2.45) is 0 Å². The summed E-state index contributed by atoms with van der Waals surface area (Å²) in [5.74, 6) is -0.610. The predicted molar refractivity (Wildman–Crippen MR) is 71.1 cm³/mol. The van der Waals surface area contributed by atoms with E-state index in [0.29, 0.717) is 5.56 Å². The monoisotopic (exact) mass is 265 g/mol. The standard InChI is InChI=1S/C14H19NO4/c1-2-19-14(17)13(16)11-3-5-12(6-4-11)15-7-9-18-10-8-15/h3-6,13,16H,2,7-10H2,1H3. The maximum atomic E-state index is 11.4. The van der Waals surface area contributed by atoms with Gasteiger partial charge in [-0.05, 0) is 24.6 Å². The molecule has 0 aromatic heterocycles. The zero-order valence-electron chi connectivity index (χ0n) is 11.0. The fourth-order valence-corrected chi connectivity index (χ4v) is 2.05. The number of hydrogen-bond acceptors (Lipinski definition) is 5. The lowest BCUT2D eigenvalue weighted by Crippen LogP contribution is -2.36. The van der Waals surface area contributed by atoms with Crippen LogP contribution in [0.5, 0.6) is 0 Å². The molecule has 1 saturated heterocycles. The highest BCUT2D eigenvalue weighted by atomic mass is 16.5. The van der Waals surface area contributed by atoms with Gasteiger partial charge in [0.25, 0.3) is 0 Å². The maximum Gasteiger partial charge on any atom is 0.339 e. The van der Waals surface area contributed by atoms with Crippen molar-refractivity contribution in [1.29, 1.82) is 0 Å². The minimum Gasteiger partial charge on any atom is -0.464 e. The van der Waals surface area contributed by atoms with Crippen LogP contribution in [0, 0.1) is 0 Å². The van der Waals surface area contributed by atoms with E-state index in [-0.39, 0.29) is 6.61 Å². The van der Waals surface area contributed by atoms with E-state index in [2.05, 4.69) is 4.90 Å². The van der Waals surface area contributed by atoms with Crippen LogP contribution in [0.25, 0.3) is 0 Å². The average molecular weight is 265 g/mol. The van der Waals surface area contributed by atoms with Gasteiger partial charge in [-0.25, -0.2) is 4.79 Å². The number of morpholine rings is 1. The van der Waals surface area contributed by atoms with Crippen LogP contribution >= 0.6 is 0 Å². The Balaban J connectivity index is 2.03. The molecule has 1 aromatic rings. The quantitative estimate of drug-likeness (QED) is 0.827. The first kappa shape index (κ1) is 13.8. The summed E-state index contributed by atoms with van der Waals surface area (Å²) in [6, 6.07) is 7.32. The summed E-state index contributed by atoms with van der Waals surface area (Å²) >= 11 is 0. The number of hydrogen-bond donors (Lipinski definition) is 1. The molecule has 0 saturated carbocycles. The molecule has 1 atom stereocenters. The van der Waals surface area contributed by atoms with Gasteiger partial charge in [-0.1, -0.05) is 12.1 Å². The normalized spacial score (nSPS) is 17.1. The number of benzene rings is 1. The minimum atomic E-state index is -1.21. The van der Waals surface area contributed by atoms with Gasteiger partial charge in [0.1, 0.15) is 0 Å². The molecule has 1 aromatic carbocycles. The highest BCUT2D eigenvalue weighted by Crippen LogP contribution is 2.21. The van der Waals surface area contributed by atoms with E-state index < -0.39 is 12.1 Å². The Morgan fingerprint density at radius 1 is 1.37 bits per heavy atom. The third-order valence-electron chi connectivity index (χ3n) is 3.09. The van der Waals surface area contributed by atoms with E-state index >= 15 is 0 Å². The van der Waals surface area contributed by atoms with Crippen molar-refractivity contribution in [2.75, 3.05) is 37.8 Å². The lowest BCUT2D eigenvalue weighted by atomic mass is 10.1. The Kier molecular flexibility index (Phi) is 4.76. The van der Waals surface area contributed by atoms with Gasteiger partial charge in [0.2, 0.25) is 0 Å². The maximum absolute atomic E-state index is 11.4. The SMILES string of the molecule is CCOC(=O)C(O)c1ccc(N2CCOCC2)cc1. The molecule has 1 aliphatic rings. The van der Waals surface area contributed by atoms with Crippen LogP contribution in [0.1, 0.15) is 18.6 Å². The number of nitrogens with zero attached hydrogens (tertiary/aromatic N) is 1. The molecule has 1 heterocycles. The molecule has 1 fully saturated rings. The molecule has 0 spiro atoms. The summed E-state index contributed by atoms with van der Waals surface area (Å²) in [4.78, 5) is 13.6. The number of carbonyl (C=O) groups is 1. The number of aliphatic hydroxyl groups excluding tert-OH is 1. The molecule has 104 valence electrons. The topological polar surface area (TPSA) is 59.0 Å². The van der Waals surface area contributed by atoms with E-state index in [9.17, 15) is 9.90 Å². The van der Waals surface area contributed by atoms with Gasteiger partial charge in [-0.15, -0.1) is 0 Å². The number of carbonyl (C=O) groups excluding carboxylic acids is 1. The summed E-state index contributed by atoms with van der Waals surface area (Å²) in [5, 5.41) is 9.81. The minimum absolute atomic E-state index is 0.266. The lowest BCUT2D eigenvalue weighted by Gasteiger charge is -2.29. The number of ether oxygens (including phenoxy) is 2. The first-order chi connectivity index (χ1) is 9.22. The molecular weight excluding hydrogens is 246 g/mol. The zero-order chi connectivity index (χ0) is 13.7. The second-order valence-corrected chi connectivity index (χ2v) is 4.35. The predicted octanol–water partition coefficient (Wildman–Crippen LogP) is 1.12. The molecule has 1 N–H and O–H groups in total. The van der Waals surface area contributed by atoms with E-state index in [1.165, 1.54) is 0 Å². The molecular formula is C14H19NO4. The van der Waals surface area contributed by atoms with E-state index in [1.807, 2.05) is 12.1 Å². The van der Waals surface area contributed by atoms with Crippen molar-refractivity contribution in [3.8, 4) is 0 Å². The summed E-state index contributed by atoms with van der Waals surface area (Å²) in [5.41, 5.74) is 1.62. The van der Waals surface area contributed by atoms with Gasteiger partial charge in [0.05, 0.1) is 19.8 Å². The fourth-order valence-electron chi connectivity index (χ4n) is 2.05. The zero-order valence-corrected chi connectivity index (χ0v) is 11.0. The van der Waals surface area contributed by atoms with Gasteiger partial charge in [-0.3, -0.25) is 0 Å². The molecule has 5 heteroatoms.